The molecule has 0 radical (unpaired) electrons. The summed E-state index contributed by atoms with van der Waals surface area (Å²) in [5, 5.41) is 5.61. The summed E-state index contributed by atoms with van der Waals surface area (Å²) >= 11 is 1.20. The van der Waals surface area contributed by atoms with Gasteiger partial charge in [-0.2, -0.15) is 0 Å². The van der Waals surface area contributed by atoms with E-state index in [-0.39, 0.29) is 34.6 Å². The summed E-state index contributed by atoms with van der Waals surface area (Å²) in [6.45, 7) is 5.66. The fourth-order valence-electron chi connectivity index (χ4n) is 3.31. The van der Waals surface area contributed by atoms with Crippen molar-refractivity contribution in [2.24, 2.45) is 7.05 Å². The molecule has 31 heavy (non-hydrogen) atoms. The number of hydrogen-bond donors (Lipinski definition) is 2. The number of aromatic nitrogens is 2. The Kier molecular flexibility index (Phi) is 7.02. The summed E-state index contributed by atoms with van der Waals surface area (Å²) in [5.74, 6) is -0.281. The van der Waals surface area contributed by atoms with E-state index in [1.165, 1.54) is 16.4 Å². The average Bonchev–Trinajstić information content (AvgIpc) is 2.94. The van der Waals surface area contributed by atoms with E-state index in [1.807, 2.05) is 62.4 Å². The third kappa shape index (κ3) is 5.08. The van der Waals surface area contributed by atoms with Crippen LogP contribution in [0.2, 0.25) is 0 Å². The van der Waals surface area contributed by atoms with E-state index >= 15 is 0 Å². The fraction of sp³-hybridized carbons (Fsp3) is 0.261. The van der Waals surface area contributed by atoms with Crippen molar-refractivity contribution in [2.75, 3.05) is 22.1 Å². The Morgan fingerprint density at radius 1 is 0.839 bits per heavy atom. The third-order valence-corrected chi connectivity index (χ3v) is 5.96. The van der Waals surface area contributed by atoms with Gasteiger partial charge in [0.05, 0.1) is 22.9 Å². The minimum Gasteiger partial charge on any atom is -0.325 e. The van der Waals surface area contributed by atoms with E-state index in [4.69, 9.17) is 0 Å². The predicted octanol–water partition coefficient (Wildman–Crippen LogP) is 3.41. The van der Waals surface area contributed by atoms with Gasteiger partial charge in [-0.3, -0.25) is 19.1 Å². The van der Waals surface area contributed by atoms with Crippen LogP contribution in [0.3, 0.4) is 0 Å². The zero-order chi connectivity index (χ0) is 22.5. The van der Waals surface area contributed by atoms with Crippen LogP contribution >= 0.6 is 11.8 Å². The van der Waals surface area contributed by atoms with Gasteiger partial charge in [-0.15, -0.1) is 11.8 Å². The Morgan fingerprint density at radius 3 is 1.97 bits per heavy atom. The Bertz CT molecular complexity index is 1150. The summed E-state index contributed by atoms with van der Waals surface area (Å²) in [7, 11) is 1.77. The molecule has 2 N–H and O–H groups in total. The lowest BCUT2D eigenvalue weighted by Gasteiger charge is -2.11. The van der Waals surface area contributed by atoms with Crippen molar-refractivity contribution < 1.29 is 9.59 Å². The molecule has 0 saturated carbocycles. The van der Waals surface area contributed by atoms with Crippen molar-refractivity contribution in [2.45, 2.75) is 20.8 Å². The first-order chi connectivity index (χ1) is 14.8. The van der Waals surface area contributed by atoms with Gasteiger partial charge in [0.25, 0.3) is 5.56 Å². The summed E-state index contributed by atoms with van der Waals surface area (Å²) in [6.07, 6.45) is 0. The van der Waals surface area contributed by atoms with Crippen LogP contribution in [-0.4, -0.2) is 32.7 Å². The van der Waals surface area contributed by atoms with Crippen LogP contribution < -0.4 is 16.2 Å². The van der Waals surface area contributed by atoms with Crippen molar-refractivity contribution in [3.8, 4) is 5.69 Å². The first kappa shape index (κ1) is 22.4. The van der Waals surface area contributed by atoms with Gasteiger partial charge in [-0.1, -0.05) is 36.4 Å². The highest BCUT2D eigenvalue weighted by Gasteiger charge is 2.18. The predicted molar refractivity (Wildman–Crippen MR) is 126 cm³/mol. The first-order valence-corrected chi connectivity index (χ1v) is 11.0. The van der Waals surface area contributed by atoms with E-state index in [2.05, 4.69) is 10.6 Å². The van der Waals surface area contributed by atoms with Crippen molar-refractivity contribution in [1.29, 1.82) is 0 Å². The van der Waals surface area contributed by atoms with Crippen molar-refractivity contribution >= 4 is 35.0 Å². The molecule has 1 heterocycles. The molecule has 2 amide bonds. The highest BCUT2D eigenvalue weighted by Crippen LogP contribution is 2.20. The molecule has 0 atom stereocenters. The molecular weight excluding hydrogens is 412 g/mol. The molecule has 0 aliphatic heterocycles. The van der Waals surface area contributed by atoms with E-state index in [9.17, 15) is 14.4 Å². The second-order valence-electron chi connectivity index (χ2n) is 7.29. The summed E-state index contributed by atoms with van der Waals surface area (Å²) < 4.78 is 3.22. The second kappa shape index (κ2) is 9.70. The lowest BCUT2D eigenvalue weighted by molar-refractivity contribution is -0.114. The van der Waals surface area contributed by atoms with Gasteiger partial charge >= 0.3 is 0 Å². The van der Waals surface area contributed by atoms with E-state index < -0.39 is 0 Å². The van der Waals surface area contributed by atoms with Crippen LogP contribution in [-0.2, 0) is 16.6 Å². The Hall–Kier alpha value is -3.26. The molecular formula is C23H26N4O3S. The molecule has 0 unspecified atom stereocenters. The van der Waals surface area contributed by atoms with Gasteiger partial charge in [-0.25, -0.2) is 4.68 Å². The zero-order valence-electron chi connectivity index (χ0n) is 18.1. The molecule has 0 bridgehead atoms. The molecule has 0 saturated heterocycles. The SMILES string of the molecule is Cc1cccc(C)c1NC(=O)CSCC(=O)Nc1c(C)n(C)n(-c2ccccc2)c1=O. The van der Waals surface area contributed by atoms with Gasteiger partial charge in [-0.05, 0) is 44.0 Å². The summed E-state index contributed by atoms with van der Waals surface area (Å²) in [6, 6.07) is 15.1. The van der Waals surface area contributed by atoms with Gasteiger partial charge in [0.15, 0.2) is 0 Å². The van der Waals surface area contributed by atoms with Crippen molar-refractivity contribution in [1.82, 2.24) is 9.36 Å². The van der Waals surface area contributed by atoms with Crippen LogP contribution in [0.1, 0.15) is 16.8 Å². The normalized spacial score (nSPS) is 10.7. The number of para-hydroxylation sites is 2. The quantitative estimate of drug-likeness (QED) is 0.592. The zero-order valence-corrected chi connectivity index (χ0v) is 18.9. The first-order valence-electron chi connectivity index (χ1n) is 9.87. The maximum Gasteiger partial charge on any atom is 0.295 e. The number of nitrogens with zero attached hydrogens (tertiary/aromatic N) is 2. The lowest BCUT2D eigenvalue weighted by atomic mass is 10.1. The number of aryl methyl sites for hydroxylation is 2. The molecule has 8 heteroatoms. The van der Waals surface area contributed by atoms with Crippen molar-refractivity contribution in [3.63, 3.8) is 0 Å². The number of nitrogens with one attached hydrogen (secondary N) is 2. The molecule has 0 fully saturated rings. The number of thioether (sulfide) groups is 1. The Morgan fingerprint density at radius 2 is 1.39 bits per heavy atom. The third-order valence-electron chi connectivity index (χ3n) is 5.03. The van der Waals surface area contributed by atoms with Gasteiger partial charge in [0.1, 0.15) is 5.69 Å². The highest BCUT2D eigenvalue weighted by atomic mass is 32.2. The van der Waals surface area contributed by atoms with E-state index in [1.54, 1.807) is 18.7 Å². The second-order valence-corrected chi connectivity index (χ2v) is 8.28. The molecule has 3 aromatic rings. The van der Waals surface area contributed by atoms with Crippen LogP contribution in [0.5, 0.6) is 0 Å². The van der Waals surface area contributed by atoms with E-state index in [0.29, 0.717) is 5.69 Å². The number of benzene rings is 2. The molecule has 2 aromatic carbocycles. The van der Waals surface area contributed by atoms with Gasteiger partial charge < -0.3 is 10.6 Å². The largest absolute Gasteiger partial charge is 0.325 e. The Balaban J connectivity index is 1.59. The molecule has 7 nitrogen and oxygen atoms in total. The fourth-order valence-corrected chi connectivity index (χ4v) is 3.93. The standard InChI is InChI=1S/C23H26N4O3S/c1-15-9-8-10-16(2)21(15)24-19(28)13-31-14-20(29)25-22-17(3)26(4)27(23(22)30)18-11-6-5-7-12-18/h5-12H,13-14H2,1-4H3,(H,24,28)(H,25,29). The molecule has 3 rings (SSSR count). The van der Waals surface area contributed by atoms with Crippen molar-refractivity contribution in [3.05, 3.63) is 75.7 Å². The molecule has 162 valence electrons. The minimum atomic E-state index is -0.323. The topological polar surface area (TPSA) is 85.1 Å². The number of hydrogen-bond acceptors (Lipinski definition) is 4. The number of rotatable bonds is 7. The molecule has 0 spiro atoms. The smallest absolute Gasteiger partial charge is 0.295 e. The number of amides is 2. The Labute approximate surface area is 185 Å². The van der Waals surface area contributed by atoms with Gasteiger partial charge in [0, 0.05) is 12.7 Å². The maximum atomic E-state index is 12.9. The summed E-state index contributed by atoms with van der Waals surface area (Å²) in [4.78, 5) is 37.5. The lowest BCUT2D eigenvalue weighted by Crippen LogP contribution is -2.24. The minimum absolute atomic E-state index is 0.0687. The molecule has 0 aliphatic rings. The monoisotopic (exact) mass is 438 g/mol. The maximum absolute atomic E-state index is 12.9. The van der Waals surface area contributed by atoms with Crippen LogP contribution in [0.15, 0.2) is 53.3 Å². The summed E-state index contributed by atoms with van der Waals surface area (Å²) in [5.41, 5.74) is 4.11. The number of anilines is 2. The number of carbonyl (C=O) groups is 2. The van der Waals surface area contributed by atoms with Gasteiger partial charge in [0.2, 0.25) is 11.8 Å². The van der Waals surface area contributed by atoms with Crippen LogP contribution in [0.4, 0.5) is 11.4 Å². The van der Waals surface area contributed by atoms with Crippen LogP contribution in [0.25, 0.3) is 5.69 Å². The molecule has 1 aromatic heterocycles. The average molecular weight is 439 g/mol. The number of carbonyl (C=O) groups excluding carboxylic acids is 2. The van der Waals surface area contributed by atoms with E-state index in [0.717, 1.165) is 22.5 Å². The highest BCUT2D eigenvalue weighted by molar-refractivity contribution is 8.00. The van der Waals surface area contributed by atoms with Crippen LogP contribution in [0, 0.1) is 20.8 Å². The molecule has 0 aliphatic carbocycles.